The molecule has 0 spiro atoms. The highest BCUT2D eigenvalue weighted by atomic mass is 15.1. The van der Waals surface area contributed by atoms with Gasteiger partial charge in [0.1, 0.15) is 11.4 Å². The first-order chi connectivity index (χ1) is 8.66. The van der Waals surface area contributed by atoms with E-state index in [4.69, 9.17) is 0 Å². The third kappa shape index (κ3) is 4.83. The number of hydrogen-bond donors (Lipinski definition) is 1. The Labute approximate surface area is 113 Å². The molecule has 0 aromatic carbocycles. The van der Waals surface area contributed by atoms with Crippen LogP contribution in [0.2, 0.25) is 0 Å². The summed E-state index contributed by atoms with van der Waals surface area (Å²) >= 11 is 0. The minimum Gasteiger partial charge on any atom is -0.245 e. The number of nitrogens with zero attached hydrogens (tertiary/aromatic N) is 1. The Balaban J connectivity index is 2.11. The lowest BCUT2D eigenvalue weighted by atomic mass is 10.1. The molecule has 1 N–H and O–H groups in total. The lowest BCUT2D eigenvalue weighted by Gasteiger charge is -2.02. The van der Waals surface area contributed by atoms with Crippen LogP contribution < -0.4 is 4.57 Å². The summed E-state index contributed by atoms with van der Waals surface area (Å²) in [6, 6.07) is 0. The molecule has 18 heavy (non-hydrogen) atoms. The summed E-state index contributed by atoms with van der Waals surface area (Å²) in [5.41, 5.74) is 2.71. The molecule has 0 bridgehead atoms. The van der Waals surface area contributed by atoms with E-state index in [-0.39, 0.29) is 0 Å². The molecule has 0 aliphatic carbocycles. The first-order valence-electron chi connectivity index (χ1n) is 7.72. The maximum absolute atomic E-state index is 3.41. The fourth-order valence-corrected chi connectivity index (χ4v) is 2.62. The average molecular weight is 251 g/mol. The number of aromatic amines is 1. The molecule has 1 aromatic heterocycles. The van der Waals surface area contributed by atoms with Crippen molar-refractivity contribution in [2.24, 2.45) is 0 Å². The highest BCUT2D eigenvalue weighted by Gasteiger charge is 2.13. The van der Waals surface area contributed by atoms with Crippen LogP contribution in [0.3, 0.4) is 0 Å². The molecular weight excluding hydrogens is 220 g/mol. The zero-order valence-corrected chi connectivity index (χ0v) is 12.8. The fraction of sp³-hybridized carbons (Fsp3) is 0.812. The van der Waals surface area contributed by atoms with Crippen LogP contribution >= 0.6 is 0 Å². The Morgan fingerprint density at radius 1 is 0.833 bits per heavy atom. The number of imidazole rings is 1. The van der Waals surface area contributed by atoms with Crippen LogP contribution in [-0.4, -0.2) is 4.98 Å². The Hall–Kier alpha value is -0.790. The maximum Gasteiger partial charge on any atom is 0.251 e. The Bertz CT molecular complexity index is 339. The third-order valence-corrected chi connectivity index (χ3v) is 3.96. The van der Waals surface area contributed by atoms with Gasteiger partial charge in [0.15, 0.2) is 0 Å². The molecule has 0 amide bonds. The standard InChI is InChI=1S/C16H30N2/c1-5-6-7-8-9-10-11-12-13-18-15(3)14(2)17-16(18)4/h5-13H2,1-4H3/p+1. The van der Waals surface area contributed by atoms with Crippen LogP contribution in [0, 0.1) is 20.8 Å². The van der Waals surface area contributed by atoms with Crippen molar-refractivity contribution < 1.29 is 4.57 Å². The number of unbranched alkanes of at least 4 members (excludes halogenated alkanes) is 7. The van der Waals surface area contributed by atoms with Gasteiger partial charge in [-0.15, -0.1) is 0 Å². The van der Waals surface area contributed by atoms with Crippen LogP contribution in [-0.2, 0) is 6.54 Å². The lowest BCUT2D eigenvalue weighted by Crippen LogP contribution is -2.38. The van der Waals surface area contributed by atoms with Crippen molar-refractivity contribution in [2.75, 3.05) is 0 Å². The summed E-state index contributed by atoms with van der Waals surface area (Å²) in [6.45, 7) is 10.00. The lowest BCUT2D eigenvalue weighted by molar-refractivity contribution is -0.707. The number of hydrogen-bond acceptors (Lipinski definition) is 0. The molecule has 104 valence electrons. The monoisotopic (exact) mass is 251 g/mol. The molecule has 0 aliphatic rings. The topological polar surface area (TPSA) is 19.7 Å². The van der Waals surface area contributed by atoms with E-state index in [0.29, 0.717) is 0 Å². The van der Waals surface area contributed by atoms with E-state index < -0.39 is 0 Å². The molecule has 0 radical (unpaired) electrons. The second-order valence-electron chi connectivity index (χ2n) is 5.55. The normalized spacial score (nSPS) is 11.1. The number of H-pyrrole nitrogens is 1. The van der Waals surface area contributed by atoms with Crippen molar-refractivity contribution in [3.05, 3.63) is 17.2 Å². The van der Waals surface area contributed by atoms with Crippen molar-refractivity contribution >= 4 is 0 Å². The molecule has 0 saturated carbocycles. The van der Waals surface area contributed by atoms with E-state index in [1.165, 1.54) is 75.1 Å². The number of rotatable bonds is 9. The molecule has 0 unspecified atom stereocenters. The summed E-state index contributed by atoms with van der Waals surface area (Å²) in [6.07, 6.45) is 11.2. The van der Waals surface area contributed by atoms with Crippen LogP contribution in [0.15, 0.2) is 0 Å². The predicted octanol–water partition coefficient (Wildman–Crippen LogP) is 4.37. The largest absolute Gasteiger partial charge is 0.251 e. The Kier molecular flexibility index (Phi) is 7.07. The number of aromatic nitrogens is 2. The van der Waals surface area contributed by atoms with Crippen molar-refractivity contribution in [3.63, 3.8) is 0 Å². The van der Waals surface area contributed by atoms with Gasteiger partial charge in [-0.05, 0) is 12.8 Å². The molecule has 0 atom stereocenters. The van der Waals surface area contributed by atoms with Gasteiger partial charge in [0.2, 0.25) is 0 Å². The molecular formula is C16H31N2+. The van der Waals surface area contributed by atoms with E-state index in [2.05, 4.69) is 37.2 Å². The van der Waals surface area contributed by atoms with Gasteiger partial charge in [0.25, 0.3) is 5.82 Å². The van der Waals surface area contributed by atoms with E-state index >= 15 is 0 Å². The summed E-state index contributed by atoms with van der Waals surface area (Å²) in [5.74, 6) is 1.30. The zero-order valence-electron chi connectivity index (χ0n) is 12.8. The maximum atomic E-state index is 3.41. The molecule has 2 heteroatoms. The fourth-order valence-electron chi connectivity index (χ4n) is 2.62. The van der Waals surface area contributed by atoms with Crippen molar-refractivity contribution in [1.29, 1.82) is 0 Å². The second-order valence-corrected chi connectivity index (χ2v) is 5.55. The summed E-state index contributed by atoms with van der Waals surface area (Å²) in [4.78, 5) is 3.41. The van der Waals surface area contributed by atoms with E-state index in [1.807, 2.05) is 0 Å². The minimum absolute atomic E-state index is 1.18. The van der Waals surface area contributed by atoms with Gasteiger partial charge < -0.3 is 0 Å². The van der Waals surface area contributed by atoms with E-state index in [9.17, 15) is 0 Å². The van der Waals surface area contributed by atoms with E-state index in [1.54, 1.807) is 0 Å². The summed E-state index contributed by atoms with van der Waals surface area (Å²) in [7, 11) is 0. The first-order valence-corrected chi connectivity index (χ1v) is 7.72. The van der Waals surface area contributed by atoms with Gasteiger partial charge in [-0.1, -0.05) is 45.4 Å². The van der Waals surface area contributed by atoms with Crippen LogP contribution in [0.1, 0.15) is 75.5 Å². The summed E-state index contributed by atoms with van der Waals surface area (Å²) in [5, 5.41) is 0. The molecule has 1 heterocycles. The minimum atomic E-state index is 1.18. The van der Waals surface area contributed by atoms with Crippen molar-refractivity contribution in [3.8, 4) is 0 Å². The third-order valence-electron chi connectivity index (χ3n) is 3.96. The second kappa shape index (κ2) is 8.34. The van der Waals surface area contributed by atoms with Crippen LogP contribution in [0.25, 0.3) is 0 Å². The number of nitrogens with one attached hydrogen (secondary N) is 1. The molecule has 0 aliphatic heterocycles. The Morgan fingerprint density at radius 3 is 1.89 bits per heavy atom. The zero-order chi connectivity index (χ0) is 13.4. The highest BCUT2D eigenvalue weighted by molar-refractivity contribution is 5.02. The molecule has 0 saturated heterocycles. The number of aryl methyl sites for hydroxylation is 2. The van der Waals surface area contributed by atoms with Gasteiger partial charge in [0, 0.05) is 20.8 Å². The van der Waals surface area contributed by atoms with Crippen LogP contribution in [0.4, 0.5) is 0 Å². The molecule has 2 nitrogen and oxygen atoms in total. The first kappa shape index (κ1) is 15.3. The smallest absolute Gasteiger partial charge is 0.245 e. The quantitative estimate of drug-likeness (QED) is 0.497. The van der Waals surface area contributed by atoms with Gasteiger partial charge in [0.05, 0.1) is 6.54 Å². The predicted molar refractivity (Wildman–Crippen MR) is 77.8 cm³/mol. The molecule has 0 fully saturated rings. The Morgan fingerprint density at radius 2 is 1.39 bits per heavy atom. The molecule has 1 aromatic rings. The molecule has 1 rings (SSSR count). The van der Waals surface area contributed by atoms with Crippen molar-refractivity contribution in [1.82, 2.24) is 4.98 Å². The van der Waals surface area contributed by atoms with E-state index in [0.717, 1.165) is 0 Å². The van der Waals surface area contributed by atoms with Gasteiger partial charge in [-0.2, -0.15) is 0 Å². The van der Waals surface area contributed by atoms with Gasteiger partial charge in [-0.25, -0.2) is 9.55 Å². The van der Waals surface area contributed by atoms with Crippen molar-refractivity contribution in [2.45, 2.75) is 85.6 Å². The highest BCUT2D eigenvalue weighted by Crippen LogP contribution is 2.09. The average Bonchev–Trinajstić information content (AvgIpc) is 2.58. The van der Waals surface area contributed by atoms with Gasteiger partial charge >= 0.3 is 0 Å². The van der Waals surface area contributed by atoms with Gasteiger partial charge in [-0.3, -0.25) is 0 Å². The summed E-state index contributed by atoms with van der Waals surface area (Å²) < 4.78 is 2.42. The SMILES string of the molecule is CCCCCCCCCC[n+]1c(C)[nH]c(C)c1C. The van der Waals surface area contributed by atoms with Crippen LogP contribution in [0.5, 0.6) is 0 Å².